The summed E-state index contributed by atoms with van der Waals surface area (Å²) in [4.78, 5) is 11.4. The minimum atomic E-state index is -1.75. The van der Waals surface area contributed by atoms with Crippen molar-refractivity contribution in [3.8, 4) is 0 Å². The maximum absolute atomic E-state index is 11.4. The maximum Gasteiger partial charge on any atom is 0.333 e. The second-order valence-corrected chi connectivity index (χ2v) is 21.7. The second-order valence-electron chi connectivity index (χ2n) is 8.50. The van der Waals surface area contributed by atoms with Gasteiger partial charge in [-0.2, -0.15) is 0 Å². The molecule has 0 saturated heterocycles. The van der Waals surface area contributed by atoms with Gasteiger partial charge in [-0.3, -0.25) is 0 Å². The summed E-state index contributed by atoms with van der Waals surface area (Å²) in [5.74, 6) is -0.304. The molecule has 4 nitrogen and oxygen atoms in total. The highest BCUT2D eigenvalue weighted by molar-refractivity contribution is 6.85. The molecule has 0 aliphatic rings. The zero-order valence-electron chi connectivity index (χ0n) is 17.4. The molecule has 0 N–H and O–H groups in total. The van der Waals surface area contributed by atoms with Gasteiger partial charge in [-0.25, -0.2) is 4.79 Å². The Bertz CT molecular complexity index is 459. The van der Waals surface area contributed by atoms with Crippen LogP contribution in [0, 0.1) is 0 Å². The summed E-state index contributed by atoms with van der Waals surface area (Å²) in [5, 5.41) is 0. The van der Waals surface area contributed by atoms with E-state index in [-0.39, 0.29) is 5.97 Å². The van der Waals surface area contributed by atoms with Crippen LogP contribution in [0.4, 0.5) is 0 Å². The van der Waals surface area contributed by atoms with Crippen LogP contribution in [0.1, 0.15) is 13.3 Å². The largest absolute Gasteiger partial charge is 0.462 e. The van der Waals surface area contributed by atoms with Crippen molar-refractivity contribution in [2.75, 3.05) is 13.2 Å². The van der Waals surface area contributed by atoms with Crippen molar-refractivity contribution in [3.63, 3.8) is 0 Å². The lowest BCUT2D eigenvalue weighted by Crippen LogP contribution is -2.45. The van der Waals surface area contributed by atoms with Crippen molar-refractivity contribution in [2.45, 2.75) is 70.8 Å². The molecule has 0 spiro atoms. The summed E-state index contributed by atoms with van der Waals surface area (Å²) in [5.41, 5.74) is 0.451. The molecule has 0 aliphatic heterocycles. The Morgan fingerprint density at radius 3 is 2.00 bits per heavy atom. The zero-order chi connectivity index (χ0) is 19.7. The van der Waals surface area contributed by atoms with Crippen LogP contribution < -0.4 is 0 Å². The third-order valence-electron chi connectivity index (χ3n) is 3.98. The SMILES string of the molecule is C=CCO[Si](C)(C)CC[Si](C)(C)O[Si](C)(C)CCCOC(=O)C(=C)C. The number of carbonyl (C=O) groups excluding carboxylic acids is 1. The lowest BCUT2D eigenvalue weighted by molar-refractivity contribution is -0.138. The van der Waals surface area contributed by atoms with Crippen molar-refractivity contribution in [3.05, 3.63) is 24.8 Å². The summed E-state index contributed by atoms with van der Waals surface area (Å²) in [6, 6.07) is 3.26. The summed E-state index contributed by atoms with van der Waals surface area (Å²) in [6.45, 7) is 23.7. The first-order valence-corrected chi connectivity index (χ1v) is 18.4. The molecule has 0 aromatic carbocycles. The molecule has 7 heteroatoms. The molecular weight excluding hydrogens is 364 g/mol. The molecule has 0 rings (SSSR count). The van der Waals surface area contributed by atoms with Crippen molar-refractivity contribution in [1.82, 2.24) is 0 Å². The van der Waals surface area contributed by atoms with Gasteiger partial charge < -0.3 is 13.3 Å². The fourth-order valence-electron chi connectivity index (χ4n) is 2.59. The van der Waals surface area contributed by atoms with Crippen LogP contribution in [0.5, 0.6) is 0 Å². The van der Waals surface area contributed by atoms with Gasteiger partial charge in [0.25, 0.3) is 0 Å². The van der Waals surface area contributed by atoms with Crippen molar-refractivity contribution >= 4 is 30.9 Å². The van der Waals surface area contributed by atoms with Gasteiger partial charge in [-0.05, 0) is 70.8 Å². The van der Waals surface area contributed by atoms with Gasteiger partial charge in [0.1, 0.15) is 0 Å². The topological polar surface area (TPSA) is 44.8 Å². The van der Waals surface area contributed by atoms with Crippen molar-refractivity contribution in [1.29, 1.82) is 0 Å². The van der Waals surface area contributed by atoms with Gasteiger partial charge in [-0.15, -0.1) is 6.58 Å². The van der Waals surface area contributed by atoms with E-state index in [0.717, 1.165) is 24.6 Å². The van der Waals surface area contributed by atoms with Gasteiger partial charge in [0.2, 0.25) is 0 Å². The fourth-order valence-corrected chi connectivity index (χ4v) is 15.9. The first-order valence-electron chi connectivity index (χ1n) is 9.08. The van der Waals surface area contributed by atoms with Crippen LogP contribution in [-0.4, -0.2) is 44.1 Å². The summed E-state index contributed by atoms with van der Waals surface area (Å²) >= 11 is 0. The highest BCUT2D eigenvalue weighted by Gasteiger charge is 2.35. The minimum absolute atomic E-state index is 0.304. The zero-order valence-corrected chi connectivity index (χ0v) is 20.4. The molecule has 0 fully saturated rings. The van der Waals surface area contributed by atoms with Crippen LogP contribution >= 0.6 is 0 Å². The monoisotopic (exact) mass is 402 g/mol. The molecule has 0 aromatic rings. The van der Waals surface area contributed by atoms with E-state index in [1.54, 1.807) is 6.92 Å². The lowest BCUT2D eigenvalue weighted by Gasteiger charge is -2.35. The normalized spacial score (nSPS) is 12.8. The molecule has 0 radical (unpaired) electrons. The Morgan fingerprint density at radius 1 is 0.960 bits per heavy atom. The summed E-state index contributed by atoms with van der Waals surface area (Å²) < 4.78 is 17.8. The predicted octanol–water partition coefficient (Wildman–Crippen LogP) is 5.33. The van der Waals surface area contributed by atoms with E-state index in [9.17, 15) is 4.79 Å². The fraction of sp³-hybridized carbons (Fsp3) is 0.722. The molecule has 0 unspecified atom stereocenters. The van der Waals surface area contributed by atoms with E-state index in [4.69, 9.17) is 13.3 Å². The van der Waals surface area contributed by atoms with Crippen molar-refractivity contribution in [2.24, 2.45) is 0 Å². The van der Waals surface area contributed by atoms with Gasteiger partial charge >= 0.3 is 5.97 Å². The molecule has 146 valence electrons. The number of hydrogen-bond acceptors (Lipinski definition) is 4. The molecular formula is C18H38O4Si3. The van der Waals surface area contributed by atoms with E-state index in [0.29, 0.717) is 18.8 Å². The van der Waals surface area contributed by atoms with Crippen molar-refractivity contribution < 1.29 is 18.1 Å². The molecule has 0 saturated carbocycles. The third kappa shape index (κ3) is 12.5. The van der Waals surface area contributed by atoms with Gasteiger partial charge in [0.05, 0.1) is 13.2 Å². The first kappa shape index (κ1) is 24.5. The molecule has 0 bridgehead atoms. The molecule has 25 heavy (non-hydrogen) atoms. The molecule has 0 aliphatic carbocycles. The Labute approximate surface area is 158 Å². The van der Waals surface area contributed by atoms with E-state index in [1.165, 1.54) is 0 Å². The standard InChI is InChI=1S/C18H38O4Si3/c1-10-12-21-23(4,5)15-16-25(8,9)22-24(6,7)14-11-13-20-18(19)17(2)3/h10H,1-2,11-16H2,3-9H3. The highest BCUT2D eigenvalue weighted by atomic mass is 28.4. The smallest absolute Gasteiger partial charge is 0.333 e. The number of esters is 1. The van der Waals surface area contributed by atoms with E-state index in [1.807, 2.05) is 6.08 Å². The van der Waals surface area contributed by atoms with E-state index >= 15 is 0 Å². The number of carbonyl (C=O) groups is 1. The first-order chi connectivity index (χ1) is 11.3. The predicted molar refractivity (Wildman–Crippen MR) is 114 cm³/mol. The van der Waals surface area contributed by atoms with Gasteiger partial charge in [0, 0.05) is 5.57 Å². The lowest BCUT2D eigenvalue weighted by atomic mass is 10.4. The number of ether oxygens (including phenoxy) is 1. The average Bonchev–Trinajstić information content (AvgIpc) is 2.46. The number of hydrogen-bond donors (Lipinski definition) is 0. The summed E-state index contributed by atoms with van der Waals surface area (Å²) in [7, 11) is -5.10. The highest BCUT2D eigenvalue weighted by Crippen LogP contribution is 2.27. The average molecular weight is 403 g/mol. The van der Waals surface area contributed by atoms with Crippen LogP contribution in [-0.2, 0) is 18.1 Å². The Morgan fingerprint density at radius 2 is 1.48 bits per heavy atom. The second kappa shape index (κ2) is 10.6. The maximum atomic E-state index is 11.4. The molecule has 0 amide bonds. The minimum Gasteiger partial charge on any atom is -0.462 e. The van der Waals surface area contributed by atoms with Crippen LogP contribution in [0.2, 0.25) is 57.4 Å². The Hall–Kier alpha value is -0.479. The van der Waals surface area contributed by atoms with Gasteiger partial charge in [0.15, 0.2) is 25.0 Å². The van der Waals surface area contributed by atoms with Crippen LogP contribution in [0.25, 0.3) is 0 Å². The Balaban J connectivity index is 4.33. The van der Waals surface area contributed by atoms with Gasteiger partial charge in [-0.1, -0.05) is 12.7 Å². The van der Waals surface area contributed by atoms with E-state index < -0.39 is 25.0 Å². The Kier molecular flexibility index (Phi) is 10.4. The summed E-state index contributed by atoms with van der Waals surface area (Å²) in [6.07, 6.45) is 2.68. The van der Waals surface area contributed by atoms with Crippen LogP contribution in [0.15, 0.2) is 24.8 Å². The molecule has 0 aromatic heterocycles. The number of rotatable bonds is 13. The molecule has 0 atom stereocenters. The molecule has 0 heterocycles. The van der Waals surface area contributed by atoms with E-state index in [2.05, 4.69) is 52.4 Å². The third-order valence-corrected chi connectivity index (χ3v) is 14.3. The quantitative estimate of drug-likeness (QED) is 0.137. The van der Waals surface area contributed by atoms with Crippen LogP contribution in [0.3, 0.4) is 0 Å².